The number of likely N-dealkylation sites (N-methyl/N-ethyl adjacent to an activating group) is 1. The van der Waals surface area contributed by atoms with Crippen LogP contribution in [0.3, 0.4) is 0 Å². The summed E-state index contributed by atoms with van der Waals surface area (Å²) in [7, 11) is 3.53. The van der Waals surface area contributed by atoms with E-state index >= 15 is 0 Å². The van der Waals surface area contributed by atoms with Crippen molar-refractivity contribution in [3.05, 3.63) is 75.2 Å². The molecule has 2 aromatic heterocycles. The minimum atomic E-state index is -0.257. The van der Waals surface area contributed by atoms with Gasteiger partial charge in [-0.05, 0) is 37.6 Å². The molecule has 3 aromatic rings. The summed E-state index contributed by atoms with van der Waals surface area (Å²) in [4.78, 5) is 24.6. The van der Waals surface area contributed by atoms with Crippen molar-refractivity contribution in [3.63, 3.8) is 0 Å². The average molecular weight is 499 g/mol. The van der Waals surface area contributed by atoms with E-state index in [1.807, 2.05) is 49.2 Å². The number of hydrogen-bond donors (Lipinski definition) is 2. The monoisotopic (exact) mass is 498 g/mol. The van der Waals surface area contributed by atoms with Crippen LogP contribution in [0.1, 0.15) is 24.6 Å². The number of thiazole rings is 1. The van der Waals surface area contributed by atoms with E-state index in [2.05, 4.69) is 21.5 Å². The number of aromatic hydroxyl groups is 1. The quantitative estimate of drug-likeness (QED) is 0.258. The van der Waals surface area contributed by atoms with Crippen LogP contribution in [0.4, 0.5) is 5.82 Å². The lowest BCUT2D eigenvalue weighted by Gasteiger charge is -2.19. The van der Waals surface area contributed by atoms with Crippen molar-refractivity contribution in [1.29, 1.82) is 0 Å². The van der Waals surface area contributed by atoms with Crippen LogP contribution in [0.2, 0.25) is 0 Å². The number of nitrogens with zero attached hydrogens (tertiary/aromatic N) is 3. The molecule has 1 aromatic carbocycles. The zero-order chi connectivity index (χ0) is 25.2. The maximum atomic E-state index is 11.4. The SMILES string of the molecule is C=C(CCC(=CC)Cc1sc(=O)[nH]c1O)OCCN(C)c1cc(Oc2ccc(OC)cc2)ncn1. The number of hydrogen-bond acceptors (Lipinski definition) is 9. The van der Waals surface area contributed by atoms with Crippen molar-refractivity contribution in [2.75, 3.05) is 32.2 Å². The molecule has 0 saturated carbocycles. The molecule has 0 fully saturated rings. The van der Waals surface area contributed by atoms with Gasteiger partial charge in [-0.1, -0.05) is 29.6 Å². The topological polar surface area (TPSA) is 110 Å². The Morgan fingerprint density at radius 3 is 2.63 bits per heavy atom. The second-order valence-corrected chi connectivity index (χ2v) is 8.78. The molecular weight excluding hydrogens is 468 g/mol. The Bertz CT molecular complexity index is 1200. The number of methoxy groups -OCH3 is 1. The Labute approximate surface area is 208 Å². The van der Waals surface area contributed by atoms with Gasteiger partial charge in [0.2, 0.25) is 11.8 Å². The number of rotatable bonds is 13. The molecule has 0 aliphatic carbocycles. The second kappa shape index (κ2) is 12.6. The molecule has 35 heavy (non-hydrogen) atoms. The van der Waals surface area contributed by atoms with Gasteiger partial charge in [-0.3, -0.25) is 9.78 Å². The molecule has 186 valence electrons. The molecule has 0 spiro atoms. The first kappa shape index (κ1) is 25.8. The van der Waals surface area contributed by atoms with Crippen molar-refractivity contribution < 1.29 is 19.3 Å². The molecule has 0 atom stereocenters. The largest absolute Gasteiger partial charge is 0.497 e. The average Bonchev–Trinajstić information content (AvgIpc) is 3.18. The summed E-state index contributed by atoms with van der Waals surface area (Å²) in [5, 5.41) is 9.78. The van der Waals surface area contributed by atoms with Gasteiger partial charge in [0, 0.05) is 26.0 Å². The molecule has 0 aliphatic rings. The highest BCUT2D eigenvalue weighted by molar-refractivity contribution is 7.09. The lowest BCUT2D eigenvalue weighted by atomic mass is 10.1. The third kappa shape index (κ3) is 7.89. The molecule has 2 heterocycles. The van der Waals surface area contributed by atoms with Gasteiger partial charge in [0.15, 0.2) is 0 Å². The van der Waals surface area contributed by atoms with Gasteiger partial charge in [0.1, 0.15) is 30.3 Å². The molecule has 9 nitrogen and oxygen atoms in total. The molecule has 0 amide bonds. The van der Waals surface area contributed by atoms with Gasteiger partial charge in [-0.15, -0.1) is 0 Å². The summed E-state index contributed by atoms with van der Waals surface area (Å²) in [6, 6.07) is 9.03. The summed E-state index contributed by atoms with van der Waals surface area (Å²) in [6.07, 6.45) is 5.36. The van der Waals surface area contributed by atoms with Crippen LogP contribution in [0.15, 0.2) is 65.4 Å². The van der Waals surface area contributed by atoms with Crippen LogP contribution in [0.5, 0.6) is 23.3 Å². The van der Waals surface area contributed by atoms with Crippen LogP contribution in [0, 0.1) is 0 Å². The highest BCUT2D eigenvalue weighted by Crippen LogP contribution is 2.25. The van der Waals surface area contributed by atoms with Crippen LogP contribution < -0.4 is 19.2 Å². The normalized spacial score (nSPS) is 11.2. The number of aromatic nitrogens is 3. The van der Waals surface area contributed by atoms with Crippen molar-refractivity contribution in [2.45, 2.75) is 26.2 Å². The van der Waals surface area contributed by atoms with Crippen LogP contribution in [-0.4, -0.2) is 47.4 Å². The standard InChI is InChI=1S/C25H30N4O5S/c1-5-18(14-21-24(30)28-25(31)35-21)7-6-17(2)33-13-12-29(3)22-15-23(27-16-26-22)34-20-10-8-19(32-4)9-11-20/h5,8-11,15-16,30H,2,6-7,12-14H2,1,3-4H3,(H,28,31). The number of ether oxygens (including phenoxy) is 3. The summed E-state index contributed by atoms with van der Waals surface area (Å²) in [6.45, 7) is 6.99. The molecule has 0 aliphatic heterocycles. The Balaban J connectivity index is 1.43. The minimum Gasteiger partial charge on any atom is -0.497 e. The number of benzene rings is 1. The predicted molar refractivity (Wildman–Crippen MR) is 137 cm³/mol. The number of anilines is 1. The van der Waals surface area contributed by atoms with Crippen LogP contribution in [-0.2, 0) is 11.2 Å². The van der Waals surface area contributed by atoms with Crippen molar-refractivity contribution in [3.8, 4) is 23.3 Å². The van der Waals surface area contributed by atoms with E-state index in [1.165, 1.54) is 6.33 Å². The van der Waals surface area contributed by atoms with Gasteiger partial charge in [0.25, 0.3) is 0 Å². The van der Waals surface area contributed by atoms with Gasteiger partial charge in [-0.2, -0.15) is 0 Å². The van der Waals surface area contributed by atoms with Gasteiger partial charge >= 0.3 is 4.87 Å². The van der Waals surface area contributed by atoms with Crippen molar-refractivity contribution >= 4 is 17.2 Å². The molecule has 0 bridgehead atoms. The lowest BCUT2D eigenvalue weighted by Crippen LogP contribution is -2.23. The second-order valence-electron chi connectivity index (χ2n) is 7.71. The summed E-state index contributed by atoms with van der Waals surface area (Å²) < 4.78 is 16.8. The predicted octanol–water partition coefficient (Wildman–Crippen LogP) is 4.67. The molecular formula is C25H30N4O5S. The molecule has 2 N–H and O–H groups in total. The van der Waals surface area contributed by atoms with Crippen molar-refractivity contribution in [1.82, 2.24) is 15.0 Å². The first-order valence-corrected chi connectivity index (χ1v) is 11.9. The molecule has 3 rings (SSSR count). The van der Waals surface area contributed by atoms with E-state index in [0.717, 1.165) is 29.1 Å². The number of H-pyrrole nitrogens is 1. The Morgan fingerprint density at radius 2 is 1.97 bits per heavy atom. The fourth-order valence-electron chi connectivity index (χ4n) is 3.19. The van der Waals surface area contributed by atoms with E-state index in [-0.39, 0.29) is 10.8 Å². The number of aromatic amines is 1. The fraction of sp³-hybridized carbons (Fsp3) is 0.320. The summed E-state index contributed by atoms with van der Waals surface area (Å²) >= 11 is 1.02. The zero-order valence-corrected chi connectivity index (χ0v) is 20.9. The first-order chi connectivity index (χ1) is 16.9. The van der Waals surface area contributed by atoms with Gasteiger partial charge < -0.3 is 24.2 Å². The Hall–Kier alpha value is -3.79. The Morgan fingerprint density at radius 1 is 1.23 bits per heavy atom. The van der Waals surface area contributed by atoms with Crippen LogP contribution >= 0.6 is 11.3 Å². The Kier molecular flexibility index (Phi) is 9.31. The summed E-state index contributed by atoms with van der Waals surface area (Å²) in [5.41, 5.74) is 1.10. The zero-order valence-electron chi connectivity index (χ0n) is 20.1. The van der Waals surface area contributed by atoms with Crippen molar-refractivity contribution in [2.24, 2.45) is 0 Å². The molecule has 10 heteroatoms. The van der Waals surface area contributed by atoms with Gasteiger partial charge in [-0.25, -0.2) is 9.97 Å². The minimum absolute atomic E-state index is 0.0558. The smallest absolute Gasteiger partial charge is 0.307 e. The molecule has 0 saturated heterocycles. The number of allylic oxidation sites excluding steroid dienone is 3. The van der Waals surface area contributed by atoms with E-state index in [4.69, 9.17) is 14.2 Å². The fourth-order valence-corrected chi connectivity index (χ4v) is 3.96. The molecule has 0 radical (unpaired) electrons. The van der Waals surface area contributed by atoms with E-state index in [9.17, 15) is 9.90 Å². The third-order valence-corrected chi connectivity index (χ3v) is 6.13. The van der Waals surface area contributed by atoms with Crippen LogP contribution in [0.25, 0.3) is 0 Å². The van der Waals surface area contributed by atoms with E-state index in [1.54, 1.807) is 13.2 Å². The first-order valence-electron chi connectivity index (χ1n) is 11.1. The van der Waals surface area contributed by atoms with Gasteiger partial charge in [0.05, 0.1) is 24.3 Å². The highest BCUT2D eigenvalue weighted by Gasteiger charge is 2.11. The van der Waals surface area contributed by atoms with E-state index < -0.39 is 0 Å². The lowest BCUT2D eigenvalue weighted by molar-refractivity contribution is 0.211. The number of nitrogens with one attached hydrogen (secondary N) is 1. The third-order valence-electron chi connectivity index (χ3n) is 5.25. The maximum Gasteiger partial charge on any atom is 0.307 e. The van der Waals surface area contributed by atoms with E-state index in [0.29, 0.717) is 54.1 Å². The molecule has 0 unspecified atom stereocenters. The maximum absolute atomic E-state index is 11.4. The highest BCUT2D eigenvalue weighted by atomic mass is 32.1. The summed E-state index contributed by atoms with van der Waals surface area (Å²) in [5.74, 6) is 3.17.